The van der Waals surface area contributed by atoms with Crippen LogP contribution in [-0.4, -0.2) is 104 Å². The normalized spacial score (nSPS) is 15.7. The zero-order chi connectivity index (χ0) is 31.8. The number of benzene rings is 3. The number of likely N-dealkylation sites (N-methyl/N-ethyl adjacent to an activating group) is 1. The molecular formula is C34H42N4O6. The Morgan fingerprint density at radius 3 is 1.95 bits per heavy atom. The Morgan fingerprint density at radius 1 is 0.773 bits per heavy atom. The maximum atomic E-state index is 13.0. The molecule has 0 aliphatic carbocycles. The number of fused-ring (bicyclic) bond motifs is 1. The summed E-state index contributed by atoms with van der Waals surface area (Å²) in [6.07, 6.45) is 1.12. The number of aliphatic carboxylic acids is 2. The van der Waals surface area contributed by atoms with E-state index >= 15 is 0 Å². The zero-order valence-corrected chi connectivity index (χ0v) is 26.0. The van der Waals surface area contributed by atoms with Crippen molar-refractivity contribution in [2.45, 2.75) is 20.8 Å². The molecule has 0 atom stereocenters. The van der Waals surface area contributed by atoms with Gasteiger partial charge in [0.1, 0.15) is 5.75 Å². The summed E-state index contributed by atoms with van der Waals surface area (Å²) in [6.45, 7) is 13.9. The van der Waals surface area contributed by atoms with Crippen molar-refractivity contribution < 1.29 is 29.3 Å². The average molecular weight is 603 g/mol. The average Bonchev–Trinajstić information content (AvgIpc) is 2.99. The Kier molecular flexibility index (Phi) is 10.8. The molecule has 1 amide bonds. The summed E-state index contributed by atoms with van der Waals surface area (Å²) < 4.78 is 6.02. The van der Waals surface area contributed by atoms with Gasteiger partial charge in [0.25, 0.3) is 5.91 Å². The Morgan fingerprint density at radius 2 is 1.36 bits per heavy atom. The third-order valence-electron chi connectivity index (χ3n) is 7.99. The highest BCUT2D eigenvalue weighted by Crippen LogP contribution is 2.31. The van der Waals surface area contributed by atoms with Crippen LogP contribution in [-0.2, 0) is 14.4 Å². The first kappa shape index (κ1) is 32.3. The monoisotopic (exact) mass is 602 g/mol. The number of hydrogen-bond donors (Lipinski definition) is 2. The van der Waals surface area contributed by atoms with Gasteiger partial charge in [-0.2, -0.15) is 0 Å². The topological polar surface area (TPSA) is 114 Å². The minimum absolute atomic E-state index is 0.0550. The van der Waals surface area contributed by atoms with Crippen LogP contribution in [0.5, 0.6) is 5.75 Å². The minimum Gasteiger partial charge on any atom is -0.484 e. The fourth-order valence-electron chi connectivity index (χ4n) is 5.88. The fourth-order valence-corrected chi connectivity index (χ4v) is 5.88. The lowest BCUT2D eigenvalue weighted by Crippen LogP contribution is -2.50. The Hall–Kier alpha value is -4.57. The second kappa shape index (κ2) is 14.7. The second-order valence-corrected chi connectivity index (χ2v) is 11.4. The summed E-state index contributed by atoms with van der Waals surface area (Å²) in [5, 5.41) is 18.0. The number of hydrogen-bond acceptors (Lipinski definition) is 7. The van der Waals surface area contributed by atoms with Gasteiger partial charge in [0.2, 0.25) is 0 Å². The molecule has 10 nitrogen and oxygen atoms in total. The maximum Gasteiger partial charge on any atom is 0.328 e. The van der Waals surface area contributed by atoms with Crippen LogP contribution in [0.1, 0.15) is 16.7 Å². The number of rotatable bonds is 7. The molecule has 2 aliphatic heterocycles. The van der Waals surface area contributed by atoms with Gasteiger partial charge in [0, 0.05) is 81.3 Å². The van der Waals surface area contributed by atoms with E-state index in [1.165, 1.54) is 38.8 Å². The molecular weight excluding hydrogens is 560 g/mol. The molecule has 2 fully saturated rings. The SMILES string of the molecule is Cc1cc(C)c(N2CCN(C(=O)COc3ccc4cccc(N5CCN(C)CC5)c4c3)CC2)c(C)c1.O=C(O)/C=C/C(=O)O. The predicted octanol–water partition coefficient (Wildman–Crippen LogP) is 3.96. The van der Waals surface area contributed by atoms with Crippen molar-refractivity contribution in [1.29, 1.82) is 0 Å². The summed E-state index contributed by atoms with van der Waals surface area (Å²) in [5.74, 6) is -1.71. The van der Waals surface area contributed by atoms with Crippen molar-refractivity contribution in [2.24, 2.45) is 0 Å². The van der Waals surface area contributed by atoms with Crippen LogP contribution < -0.4 is 14.5 Å². The smallest absolute Gasteiger partial charge is 0.328 e. The fraction of sp³-hybridized carbons (Fsp3) is 0.382. The Bertz CT molecular complexity index is 1480. The quantitative estimate of drug-likeness (QED) is 0.388. The van der Waals surface area contributed by atoms with Crippen molar-refractivity contribution in [3.63, 3.8) is 0 Å². The van der Waals surface area contributed by atoms with E-state index in [1.807, 2.05) is 11.0 Å². The van der Waals surface area contributed by atoms with Crippen LogP contribution in [0.25, 0.3) is 10.8 Å². The van der Waals surface area contributed by atoms with E-state index in [-0.39, 0.29) is 12.5 Å². The molecule has 2 heterocycles. The minimum atomic E-state index is -1.26. The highest BCUT2D eigenvalue weighted by atomic mass is 16.5. The molecule has 2 aliphatic rings. The van der Waals surface area contributed by atoms with E-state index < -0.39 is 11.9 Å². The summed E-state index contributed by atoms with van der Waals surface area (Å²) in [6, 6.07) is 17.1. The Labute approximate surface area is 258 Å². The van der Waals surface area contributed by atoms with Gasteiger partial charge in [0.15, 0.2) is 6.61 Å². The molecule has 2 saturated heterocycles. The van der Waals surface area contributed by atoms with Crippen molar-refractivity contribution in [3.8, 4) is 5.75 Å². The van der Waals surface area contributed by atoms with Gasteiger partial charge < -0.3 is 34.5 Å². The standard InChI is InChI=1S/C30H38N4O2.C4H4O4/c1-22-18-23(2)30(24(3)19-22)34-16-14-33(15-17-34)29(35)21-36-26-9-8-25-6-5-7-28(27(25)20-26)32-12-10-31(4)11-13-32;5-3(6)1-2-4(7)8/h5-9,18-20H,10-17,21H2,1-4H3;1-2H,(H,5,6)(H,7,8)/b;2-1+. The molecule has 0 aromatic heterocycles. The number of carboxylic acids is 2. The van der Waals surface area contributed by atoms with Crippen LogP contribution in [0, 0.1) is 20.8 Å². The van der Waals surface area contributed by atoms with Gasteiger partial charge in [-0.1, -0.05) is 35.9 Å². The van der Waals surface area contributed by atoms with Crippen LogP contribution in [0.15, 0.2) is 60.7 Å². The third-order valence-corrected chi connectivity index (χ3v) is 7.99. The number of aryl methyl sites for hydroxylation is 3. The van der Waals surface area contributed by atoms with Crippen molar-refractivity contribution >= 4 is 40.0 Å². The first-order valence-electron chi connectivity index (χ1n) is 14.9. The summed E-state index contributed by atoms with van der Waals surface area (Å²) in [4.78, 5) is 41.2. The Balaban J connectivity index is 0.000000488. The lowest BCUT2D eigenvalue weighted by molar-refractivity contribution is -0.134. The molecule has 2 N–H and O–H groups in total. The van der Waals surface area contributed by atoms with Crippen molar-refractivity contribution in [2.75, 3.05) is 75.8 Å². The van der Waals surface area contributed by atoms with Crippen LogP contribution in [0.4, 0.5) is 11.4 Å². The first-order valence-corrected chi connectivity index (χ1v) is 14.9. The number of anilines is 2. The lowest BCUT2D eigenvalue weighted by Gasteiger charge is -2.37. The lowest BCUT2D eigenvalue weighted by atomic mass is 10.0. The number of carbonyl (C=O) groups is 3. The molecule has 0 radical (unpaired) electrons. The second-order valence-electron chi connectivity index (χ2n) is 11.4. The highest BCUT2D eigenvalue weighted by molar-refractivity contribution is 5.95. The van der Waals surface area contributed by atoms with Gasteiger partial charge in [-0.25, -0.2) is 9.59 Å². The molecule has 234 valence electrons. The van der Waals surface area contributed by atoms with Gasteiger partial charge in [0.05, 0.1) is 0 Å². The molecule has 3 aromatic carbocycles. The van der Waals surface area contributed by atoms with E-state index in [0.717, 1.165) is 58.1 Å². The molecule has 3 aromatic rings. The van der Waals surface area contributed by atoms with Crippen molar-refractivity contribution in [3.05, 3.63) is 77.4 Å². The summed E-state index contributed by atoms with van der Waals surface area (Å²) in [7, 11) is 2.17. The van der Waals surface area contributed by atoms with E-state index in [2.05, 4.69) is 85.0 Å². The molecule has 0 saturated carbocycles. The molecule has 0 unspecified atom stereocenters. The summed E-state index contributed by atoms with van der Waals surface area (Å²) in [5.41, 5.74) is 6.47. The van der Waals surface area contributed by atoms with Crippen molar-refractivity contribution in [1.82, 2.24) is 9.80 Å². The highest BCUT2D eigenvalue weighted by Gasteiger charge is 2.24. The van der Waals surface area contributed by atoms with Crippen LogP contribution in [0.3, 0.4) is 0 Å². The number of carboxylic acid groups (broad SMARTS) is 2. The van der Waals surface area contributed by atoms with Gasteiger partial charge in [-0.3, -0.25) is 4.79 Å². The largest absolute Gasteiger partial charge is 0.484 e. The van der Waals surface area contributed by atoms with Gasteiger partial charge in [-0.05, 0) is 62.5 Å². The summed E-state index contributed by atoms with van der Waals surface area (Å²) >= 11 is 0. The van der Waals surface area contributed by atoms with E-state index in [0.29, 0.717) is 12.2 Å². The molecule has 44 heavy (non-hydrogen) atoms. The molecule has 10 heteroatoms. The van der Waals surface area contributed by atoms with Crippen LogP contribution >= 0.6 is 0 Å². The molecule has 0 bridgehead atoms. The number of amides is 1. The number of nitrogens with zero attached hydrogens (tertiary/aromatic N) is 4. The van der Waals surface area contributed by atoms with Crippen LogP contribution in [0.2, 0.25) is 0 Å². The predicted molar refractivity (Wildman–Crippen MR) is 173 cm³/mol. The van der Waals surface area contributed by atoms with E-state index in [9.17, 15) is 14.4 Å². The van der Waals surface area contributed by atoms with Gasteiger partial charge >= 0.3 is 11.9 Å². The number of carbonyl (C=O) groups excluding carboxylic acids is 1. The molecule has 0 spiro atoms. The maximum absolute atomic E-state index is 13.0. The zero-order valence-electron chi connectivity index (χ0n) is 26.0. The van der Waals surface area contributed by atoms with E-state index in [4.69, 9.17) is 14.9 Å². The number of ether oxygens (including phenoxy) is 1. The molecule has 5 rings (SSSR count). The number of piperazine rings is 2. The van der Waals surface area contributed by atoms with Gasteiger partial charge in [-0.15, -0.1) is 0 Å². The first-order chi connectivity index (χ1) is 21.0. The van der Waals surface area contributed by atoms with E-state index in [1.54, 1.807) is 0 Å². The third kappa shape index (κ3) is 8.50.